The molecule has 1 aromatic heterocycles. The molecule has 0 radical (unpaired) electrons. The topological polar surface area (TPSA) is 73.6 Å². The van der Waals surface area contributed by atoms with E-state index in [1.807, 2.05) is 72.3 Å². The Morgan fingerprint density at radius 3 is 2.33 bits per heavy atom. The number of aromatic carboxylic acids is 1. The lowest BCUT2D eigenvalue weighted by Gasteiger charge is -2.10. The number of carboxylic acids is 1. The molecule has 0 aliphatic heterocycles. The number of rotatable bonds is 10. The zero-order valence-electron chi connectivity index (χ0n) is 23.1. The number of hydrogen-bond donors (Lipinski definition) is 1. The lowest BCUT2D eigenvalue weighted by Crippen LogP contribution is -2.02. The second kappa shape index (κ2) is 13.0. The van der Waals surface area contributed by atoms with E-state index < -0.39 is 5.97 Å². The van der Waals surface area contributed by atoms with Crippen LogP contribution in [-0.4, -0.2) is 34.3 Å². The van der Waals surface area contributed by atoms with Crippen LogP contribution in [0, 0.1) is 0 Å². The van der Waals surface area contributed by atoms with Crippen LogP contribution in [0.25, 0.3) is 34.5 Å². The molecule has 0 saturated carbocycles. The number of hydrogen-bond acceptors (Lipinski definition) is 4. The maximum absolute atomic E-state index is 11.3. The van der Waals surface area contributed by atoms with Gasteiger partial charge in [0.1, 0.15) is 17.3 Å². The molecule has 0 spiro atoms. The third-order valence-corrected chi connectivity index (χ3v) is 7.26. The zero-order valence-corrected chi connectivity index (χ0v) is 24.6. The molecule has 5 rings (SSSR count). The summed E-state index contributed by atoms with van der Waals surface area (Å²) >= 11 is 12.6. The fourth-order valence-corrected chi connectivity index (χ4v) is 5.09. The summed E-state index contributed by atoms with van der Waals surface area (Å²) in [4.78, 5) is 16.2. The Labute approximate surface area is 254 Å². The Hall–Kier alpha value is -4.52. The number of halogens is 2. The van der Waals surface area contributed by atoms with Crippen molar-refractivity contribution in [2.24, 2.45) is 0 Å². The van der Waals surface area contributed by atoms with Crippen LogP contribution in [0.4, 0.5) is 0 Å². The average Bonchev–Trinajstić information content (AvgIpc) is 3.38. The summed E-state index contributed by atoms with van der Waals surface area (Å²) in [7, 11) is 1.64. The van der Waals surface area contributed by atoms with Crippen LogP contribution < -0.4 is 9.47 Å². The minimum Gasteiger partial charge on any atom is -0.496 e. The highest BCUT2D eigenvalue weighted by Gasteiger charge is 2.13. The molecule has 0 unspecified atom stereocenters. The second-order valence-corrected chi connectivity index (χ2v) is 10.3. The first-order valence-electron chi connectivity index (χ1n) is 13.3. The van der Waals surface area contributed by atoms with Gasteiger partial charge in [-0.25, -0.2) is 9.78 Å². The zero-order chi connectivity index (χ0) is 29.6. The second-order valence-electron chi connectivity index (χ2n) is 9.49. The van der Waals surface area contributed by atoms with Crippen molar-refractivity contribution < 1.29 is 19.4 Å². The Kier molecular flexibility index (Phi) is 8.96. The first kappa shape index (κ1) is 29.0. The summed E-state index contributed by atoms with van der Waals surface area (Å²) in [6.45, 7) is 3.05. The predicted octanol–water partition coefficient (Wildman–Crippen LogP) is 8.85. The highest BCUT2D eigenvalue weighted by Crippen LogP contribution is 2.32. The maximum atomic E-state index is 11.3. The van der Waals surface area contributed by atoms with Crippen LogP contribution in [-0.2, 0) is 6.54 Å². The Morgan fingerprint density at radius 2 is 1.67 bits per heavy atom. The Morgan fingerprint density at radius 1 is 0.929 bits per heavy atom. The molecule has 0 amide bonds. The van der Waals surface area contributed by atoms with Gasteiger partial charge in [-0.1, -0.05) is 53.5 Å². The van der Waals surface area contributed by atoms with Crippen molar-refractivity contribution in [3.63, 3.8) is 0 Å². The first-order chi connectivity index (χ1) is 20.3. The minimum absolute atomic E-state index is 0.234. The van der Waals surface area contributed by atoms with Gasteiger partial charge >= 0.3 is 5.97 Å². The number of benzene rings is 4. The van der Waals surface area contributed by atoms with Crippen LogP contribution in [0.5, 0.6) is 11.5 Å². The largest absolute Gasteiger partial charge is 0.496 e. The molecule has 212 valence electrons. The smallest absolute Gasteiger partial charge is 0.335 e. The van der Waals surface area contributed by atoms with E-state index in [1.54, 1.807) is 43.5 Å². The number of imidazole rings is 1. The molecule has 5 aromatic rings. The predicted molar refractivity (Wildman–Crippen MR) is 169 cm³/mol. The molecule has 0 fully saturated rings. The number of ether oxygens (including phenoxy) is 2. The number of carboxylic acid groups (broad SMARTS) is 1. The summed E-state index contributed by atoms with van der Waals surface area (Å²) in [5, 5.41) is 10.3. The molecule has 0 bridgehead atoms. The van der Waals surface area contributed by atoms with Crippen LogP contribution in [0.1, 0.15) is 34.2 Å². The van der Waals surface area contributed by atoms with E-state index in [9.17, 15) is 9.90 Å². The summed E-state index contributed by atoms with van der Waals surface area (Å²) < 4.78 is 13.2. The van der Waals surface area contributed by atoms with E-state index in [4.69, 9.17) is 37.7 Å². The summed E-state index contributed by atoms with van der Waals surface area (Å²) in [5.74, 6) is 1.28. The van der Waals surface area contributed by atoms with Crippen LogP contribution >= 0.6 is 23.2 Å². The van der Waals surface area contributed by atoms with Gasteiger partial charge in [0.15, 0.2) is 0 Å². The van der Waals surface area contributed by atoms with Gasteiger partial charge in [-0.15, -0.1) is 0 Å². The molecule has 42 heavy (non-hydrogen) atoms. The van der Waals surface area contributed by atoms with Gasteiger partial charge < -0.3 is 19.1 Å². The van der Waals surface area contributed by atoms with E-state index in [0.717, 1.165) is 39.3 Å². The fourth-order valence-electron chi connectivity index (χ4n) is 4.59. The molecule has 0 aliphatic rings. The van der Waals surface area contributed by atoms with Crippen molar-refractivity contribution in [2.45, 2.75) is 13.5 Å². The monoisotopic (exact) mass is 598 g/mol. The molecule has 6 nitrogen and oxygen atoms in total. The highest BCUT2D eigenvalue weighted by molar-refractivity contribution is 6.36. The standard InChI is InChI=1S/C34H28Cl2N2O4/c1-3-42-28-13-8-23(9-14-28)25-10-16-32(41-2)26(18-25)11-17-33-37-31(29-15-12-27(35)19-30(29)36)21-38(33)20-22-4-6-24(7-5-22)34(39)40/h4-19,21H,3,20H2,1-2H3,(H,39,40)/b17-11+. The molecule has 4 aromatic carbocycles. The highest BCUT2D eigenvalue weighted by atomic mass is 35.5. The molecular weight excluding hydrogens is 571 g/mol. The van der Waals surface area contributed by atoms with Crippen LogP contribution in [0.15, 0.2) is 91.1 Å². The number of aromatic nitrogens is 2. The van der Waals surface area contributed by atoms with Crippen molar-refractivity contribution in [3.8, 4) is 33.9 Å². The summed E-state index contributed by atoms with van der Waals surface area (Å²) in [6.07, 6.45) is 5.82. The number of methoxy groups -OCH3 is 1. The number of carbonyl (C=O) groups is 1. The fraction of sp³-hybridized carbons (Fsp3) is 0.118. The third-order valence-electron chi connectivity index (χ3n) is 6.71. The molecule has 0 saturated heterocycles. The van der Waals surface area contributed by atoms with Gasteiger partial charge in [0.05, 0.1) is 30.0 Å². The Balaban J connectivity index is 1.52. The van der Waals surface area contributed by atoms with E-state index in [0.29, 0.717) is 34.7 Å². The minimum atomic E-state index is -0.964. The van der Waals surface area contributed by atoms with E-state index >= 15 is 0 Å². The van der Waals surface area contributed by atoms with Gasteiger partial charge in [0.25, 0.3) is 0 Å². The lowest BCUT2D eigenvalue weighted by atomic mass is 10.0. The van der Waals surface area contributed by atoms with Crippen molar-refractivity contribution >= 4 is 41.3 Å². The molecule has 1 N–H and O–H groups in total. The summed E-state index contributed by atoms with van der Waals surface area (Å²) in [5.41, 5.74) is 5.58. The molecule has 0 aliphatic carbocycles. The SMILES string of the molecule is CCOc1ccc(-c2ccc(OC)c(/C=C/c3nc(-c4ccc(Cl)cc4Cl)cn3Cc3ccc(C(=O)O)cc3)c2)cc1. The lowest BCUT2D eigenvalue weighted by molar-refractivity contribution is 0.0697. The molecule has 0 atom stereocenters. The molecular formula is C34H28Cl2N2O4. The normalized spacial score (nSPS) is 11.1. The van der Waals surface area contributed by atoms with Crippen LogP contribution in [0.3, 0.4) is 0 Å². The van der Waals surface area contributed by atoms with Crippen molar-refractivity contribution in [2.75, 3.05) is 13.7 Å². The first-order valence-corrected chi connectivity index (χ1v) is 14.0. The van der Waals surface area contributed by atoms with Gasteiger partial charge in [-0.2, -0.15) is 0 Å². The van der Waals surface area contributed by atoms with Crippen molar-refractivity contribution in [3.05, 3.63) is 124 Å². The summed E-state index contributed by atoms with van der Waals surface area (Å²) in [6, 6.07) is 26.1. The quantitative estimate of drug-likeness (QED) is 0.174. The van der Waals surface area contributed by atoms with Crippen molar-refractivity contribution in [1.82, 2.24) is 9.55 Å². The van der Waals surface area contributed by atoms with E-state index in [-0.39, 0.29) is 5.56 Å². The average molecular weight is 600 g/mol. The van der Waals surface area contributed by atoms with Gasteiger partial charge in [-0.05, 0) is 90.4 Å². The van der Waals surface area contributed by atoms with Crippen LogP contribution in [0.2, 0.25) is 10.0 Å². The Bertz CT molecular complexity index is 1740. The maximum Gasteiger partial charge on any atom is 0.335 e. The van der Waals surface area contributed by atoms with Gasteiger partial charge in [-0.3, -0.25) is 0 Å². The number of nitrogens with zero attached hydrogens (tertiary/aromatic N) is 2. The van der Waals surface area contributed by atoms with Crippen molar-refractivity contribution in [1.29, 1.82) is 0 Å². The van der Waals surface area contributed by atoms with E-state index in [2.05, 4.69) is 6.07 Å². The third kappa shape index (κ3) is 6.68. The molecule has 8 heteroatoms. The van der Waals surface area contributed by atoms with Gasteiger partial charge in [0, 0.05) is 28.9 Å². The van der Waals surface area contributed by atoms with Gasteiger partial charge in [0.2, 0.25) is 0 Å². The molecule has 1 heterocycles. The van der Waals surface area contributed by atoms with E-state index in [1.165, 1.54) is 0 Å².